The highest BCUT2D eigenvalue weighted by Gasteiger charge is 2.11. The van der Waals surface area contributed by atoms with Crippen LogP contribution in [0.3, 0.4) is 0 Å². The van der Waals surface area contributed by atoms with Crippen LogP contribution in [0.25, 0.3) is 5.69 Å². The quantitative estimate of drug-likeness (QED) is 0.521. The van der Waals surface area contributed by atoms with E-state index in [1.165, 1.54) is 7.11 Å². The summed E-state index contributed by atoms with van der Waals surface area (Å²) in [5.41, 5.74) is 7.00. The van der Waals surface area contributed by atoms with Crippen molar-refractivity contribution in [2.45, 2.75) is 13.8 Å². The zero-order valence-corrected chi connectivity index (χ0v) is 16.1. The zero-order valence-electron chi connectivity index (χ0n) is 15.4. The number of aromatic nitrogens is 1. The average Bonchev–Trinajstić information content (AvgIpc) is 2.96. The highest BCUT2D eigenvalue weighted by Crippen LogP contribution is 2.21. The van der Waals surface area contributed by atoms with Crippen molar-refractivity contribution in [2.75, 3.05) is 7.11 Å². The van der Waals surface area contributed by atoms with E-state index >= 15 is 0 Å². The molecule has 27 heavy (non-hydrogen) atoms. The maximum atomic E-state index is 12.3. The number of carbonyl (C=O) groups is 1. The van der Waals surface area contributed by atoms with Gasteiger partial charge in [-0.25, -0.2) is 5.43 Å². The lowest BCUT2D eigenvalue weighted by Gasteiger charge is -2.09. The van der Waals surface area contributed by atoms with E-state index in [1.807, 2.05) is 50.2 Å². The van der Waals surface area contributed by atoms with E-state index < -0.39 is 0 Å². The summed E-state index contributed by atoms with van der Waals surface area (Å²) >= 11 is 5.97. The number of rotatable bonds is 5. The maximum Gasteiger partial charge on any atom is 0.275 e. The summed E-state index contributed by atoms with van der Waals surface area (Å²) in [7, 11) is 1.53. The van der Waals surface area contributed by atoms with Gasteiger partial charge in [-0.2, -0.15) is 5.10 Å². The molecule has 2 aromatic carbocycles. The molecule has 0 spiro atoms. The molecule has 0 fully saturated rings. The molecule has 6 heteroatoms. The predicted octanol–water partition coefficient (Wildman–Crippen LogP) is 4.52. The smallest absolute Gasteiger partial charge is 0.275 e. The Bertz CT molecular complexity index is 991. The van der Waals surface area contributed by atoms with Gasteiger partial charge in [0.25, 0.3) is 5.91 Å². The minimum absolute atomic E-state index is 0.324. The normalized spacial score (nSPS) is 11.0. The van der Waals surface area contributed by atoms with Crippen LogP contribution in [0, 0.1) is 13.8 Å². The molecule has 0 radical (unpaired) electrons. The first-order valence-corrected chi connectivity index (χ1v) is 8.80. The summed E-state index contributed by atoms with van der Waals surface area (Å²) in [6, 6.07) is 16.7. The first kappa shape index (κ1) is 18.7. The van der Waals surface area contributed by atoms with Crippen LogP contribution in [0.4, 0.5) is 0 Å². The molecule has 3 rings (SSSR count). The number of para-hydroxylation sites is 1. The molecule has 0 aliphatic carbocycles. The molecule has 138 valence electrons. The number of methoxy groups -OCH3 is 1. The van der Waals surface area contributed by atoms with Gasteiger partial charge in [0.05, 0.1) is 18.9 Å². The second kappa shape index (κ2) is 8.10. The van der Waals surface area contributed by atoms with Crippen LogP contribution in [-0.4, -0.2) is 23.8 Å². The molecule has 1 N–H and O–H groups in total. The van der Waals surface area contributed by atoms with Crippen LogP contribution in [-0.2, 0) is 0 Å². The molecule has 5 nitrogen and oxygen atoms in total. The summed E-state index contributed by atoms with van der Waals surface area (Å²) in [5, 5.41) is 4.80. The number of hydrazone groups is 1. The largest absolute Gasteiger partial charge is 0.496 e. The van der Waals surface area contributed by atoms with Crippen LogP contribution in [0.5, 0.6) is 5.75 Å². The number of benzene rings is 2. The van der Waals surface area contributed by atoms with Gasteiger partial charge < -0.3 is 9.30 Å². The molecule has 0 aliphatic heterocycles. The molecule has 1 aromatic heterocycles. The van der Waals surface area contributed by atoms with Crippen molar-refractivity contribution >= 4 is 23.7 Å². The fourth-order valence-corrected chi connectivity index (χ4v) is 3.08. The highest BCUT2D eigenvalue weighted by molar-refractivity contribution is 6.30. The topological polar surface area (TPSA) is 55.6 Å². The monoisotopic (exact) mass is 381 g/mol. The van der Waals surface area contributed by atoms with Gasteiger partial charge in [0.2, 0.25) is 0 Å². The van der Waals surface area contributed by atoms with Crippen molar-refractivity contribution in [2.24, 2.45) is 5.10 Å². The van der Waals surface area contributed by atoms with Crippen molar-refractivity contribution in [3.63, 3.8) is 0 Å². The number of ether oxygens (including phenoxy) is 1. The molecule has 0 bridgehead atoms. The van der Waals surface area contributed by atoms with Gasteiger partial charge in [-0.1, -0.05) is 23.7 Å². The number of amides is 1. The van der Waals surface area contributed by atoms with Gasteiger partial charge in [-0.3, -0.25) is 4.79 Å². The number of nitrogens with one attached hydrogen (secondary N) is 1. The van der Waals surface area contributed by atoms with Crippen molar-refractivity contribution in [3.8, 4) is 11.4 Å². The first-order chi connectivity index (χ1) is 13.0. The molecule has 1 amide bonds. The lowest BCUT2D eigenvalue weighted by Crippen LogP contribution is -2.18. The first-order valence-electron chi connectivity index (χ1n) is 8.42. The molecule has 0 atom stereocenters. The second-order valence-corrected chi connectivity index (χ2v) is 6.47. The number of nitrogens with zero attached hydrogens (tertiary/aromatic N) is 2. The Morgan fingerprint density at radius 1 is 1.15 bits per heavy atom. The number of hydrogen-bond acceptors (Lipinski definition) is 3. The van der Waals surface area contributed by atoms with E-state index in [1.54, 1.807) is 24.4 Å². The van der Waals surface area contributed by atoms with Crippen LogP contribution in [0.15, 0.2) is 59.7 Å². The Hall–Kier alpha value is -3.05. The number of hydrogen-bond donors (Lipinski definition) is 1. The molecule has 3 aromatic rings. The minimum atomic E-state index is -0.324. The summed E-state index contributed by atoms with van der Waals surface area (Å²) in [4.78, 5) is 12.3. The van der Waals surface area contributed by atoms with Crippen LogP contribution < -0.4 is 10.2 Å². The van der Waals surface area contributed by atoms with E-state index in [-0.39, 0.29) is 5.91 Å². The molecule has 1 heterocycles. The van der Waals surface area contributed by atoms with E-state index in [0.717, 1.165) is 22.6 Å². The zero-order chi connectivity index (χ0) is 19.4. The maximum absolute atomic E-state index is 12.3. The van der Waals surface area contributed by atoms with E-state index in [2.05, 4.69) is 15.1 Å². The second-order valence-electron chi connectivity index (χ2n) is 6.04. The predicted molar refractivity (Wildman–Crippen MR) is 108 cm³/mol. The molecule has 0 unspecified atom stereocenters. The van der Waals surface area contributed by atoms with Gasteiger partial charge in [0, 0.05) is 27.7 Å². The molecule has 0 aliphatic rings. The summed E-state index contributed by atoms with van der Waals surface area (Å²) < 4.78 is 7.31. The summed E-state index contributed by atoms with van der Waals surface area (Å²) in [5.74, 6) is 0.182. The lowest BCUT2D eigenvalue weighted by molar-refractivity contribution is 0.0952. The third-order valence-corrected chi connectivity index (χ3v) is 4.53. The molecule has 0 saturated carbocycles. The third kappa shape index (κ3) is 4.04. The molecule has 0 saturated heterocycles. The van der Waals surface area contributed by atoms with E-state index in [9.17, 15) is 4.79 Å². The number of aryl methyl sites for hydroxylation is 1. The highest BCUT2D eigenvalue weighted by atomic mass is 35.5. The van der Waals surface area contributed by atoms with Crippen LogP contribution >= 0.6 is 11.6 Å². The van der Waals surface area contributed by atoms with Gasteiger partial charge in [-0.15, -0.1) is 0 Å². The SMILES string of the molecule is COc1ccccc1C(=O)N/N=C\c1cc(C)n(-c2ccc(Cl)cc2)c1C. The Kier molecular flexibility index (Phi) is 5.62. The Balaban J connectivity index is 1.79. The van der Waals surface area contributed by atoms with E-state index in [4.69, 9.17) is 16.3 Å². The Morgan fingerprint density at radius 3 is 2.56 bits per heavy atom. The van der Waals surface area contributed by atoms with Crippen molar-refractivity contribution in [1.29, 1.82) is 0 Å². The standard InChI is InChI=1S/C21H20ClN3O2/c1-14-12-16(15(2)25(14)18-10-8-17(22)9-11-18)13-23-24-21(26)19-6-4-5-7-20(19)27-3/h4-13H,1-3H3,(H,24,26)/b23-13-. The van der Waals surface area contributed by atoms with Crippen LogP contribution in [0.2, 0.25) is 5.02 Å². The van der Waals surface area contributed by atoms with E-state index in [0.29, 0.717) is 16.3 Å². The fraction of sp³-hybridized carbons (Fsp3) is 0.143. The van der Waals surface area contributed by atoms with Crippen molar-refractivity contribution < 1.29 is 9.53 Å². The Morgan fingerprint density at radius 2 is 1.85 bits per heavy atom. The minimum Gasteiger partial charge on any atom is -0.496 e. The molecular formula is C21H20ClN3O2. The van der Waals surface area contributed by atoms with Crippen LogP contribution in [0.1, 0.15) is 27.3 Å². The van der Waals surface area contributed by atoms with Gasteiger partial charge in [0.15, 0.2) is 0 Å². The third-order valence-electron chi connectivity index (χ3n) is 4.28. The van der Waals surface area contributed by atoms with Crippen molar-refractivity contribution in [1.82, 2.24) is 9.99 Å². The average molecular weight is 382 g/mol. The van der Waals surface area contributed by atoms with Gasteiger partial charge in [0.1, 0.15) is 5.75 Å². The number of carbonyl (C=O) groups excluding carboxylic acids is 1. The lowest BCUT2D eigenvalue weighted by atomic mass is 10.2. The molecular weight excluding hydrogens is 362 g/mol. The fourth-order valence-electron chi connectivity index (χ4n) is 2.96. The van der Waals surface area contributed by atoms with Crippen molar-refractivity contribution in [3.05, 3.63) is 82.1 Å². The van der Waals surface area contributed by atoms with Gasteiger partial charge >= 0.3 is 0 Å². The van der Waals surface area contributed by atoms with Gasteiger partial charge in [-0.05, 0) is 56.3 Å². The summed E-state index contributed by atoms with van der Waals surface area (Å²) in [6.07, 6.45) is 1.64. The Labute approximate surface area is 163 Å². The summed E-state index contributed by atoms with van der Waals surface area (Å²) in [6.45, 7) is 4.03. The number of halogens is 1.